The van der Waals surface area contributed by atoms with E-state index in [1.54, 1.807) is 6.07 Å². The predicted molar refractivity (Wildman–Crippen MR) is 62.5 cm³/mol. The fourth-order valence-electron chi connectivity index (χ4n) is 1.26. The maximum absolute atomic E-state index is 13.5. The maximum atomic E-state index is 13.5. The molecule has 4 N–H and O–H groups in total. The quantitative estimate of drug-likeness (QED) is 0.330. The van der Waals surface area contributed by atoms with Gasteiger partial charge in [0.1, 0.15) is 0 Å². The first kappa shape index (κ1) is 12.6. The van der Waals surface area contributed by atoms with E-state index in [2.05, 4.69) is 10.5 Å². The van der Waals surface area contributed by atoms with Crippen LogP contribution in [0.4, 0.5) is 10.1 Å². The standard InChI is InChI=1S/C10H13ClFN3O/c1-2-7(10(13)15-16)14-8-5-3-4-6(11)9(8)12/h3-5,7,14,16H,2H2,1H3,(H2,13,15). The molecule has 0 radical (unpaired) electrons. The number of nitrogens with zero attached hydrogens (tertiary/aromatic N) is 1. The molecule has 16 heavy (non-hydrogen) atoms. The molecular formula is C10H13ClFN3O. The Morgan fingerprint density at radius 1 is 1.69 bits per heavy atom. The monoisotopic (exact) mass is 245 g/mol. The van der Waals surface area contributed by atoms with E-state index in [1.807, 2.05) is 6.92 Å². The molecule has 0 saturated heterocycles. The number of benzene rings is 1. The zero-order chi connectivity index (χ0) is 12.1. The highest BCUT2D eigenvalue weighted by Crippen LogP contribution is 2.22. The average molecular weight is 246 g/mol. The molecule has 0 amide bonds. The highest BCUT2D eigenvalue weighted by molar-refractivity contribution is 6.31. The SMILES string of the molecule is CCC(Nc1cccc(Cl)c1F)C(N)=NO. The van der Waals surface area contributed by atoms with Crippen molar-refractivity contribution in [3.63, 3.8) is 0 Å². The van der Waals surface area contributed by atoms with Crippen LogP contribution in [-0.2, 0) is 0 Å². The van der Waals surface area contributed by atoms with E-state index in [-0.39, 0.29) is 16.5 Å². The minimum Gasteiger partial charge on any atom is -0.409 e. The smallest absolute Gasteiger partial charge is 0.164 e. The Bertz CT molecular complexity index is 398. The maximum Gasteiger partial charge on any atom is 0.164 e. The lowest BCUT2D eigenvalue weighted by Gasteiger charge is -2.17. The third-order valence-corrected chi connectivity index (χ3v) is 2.45. The lowest BCUT2D eigenvalue weighted by molar-refractivity contribution is 0.316. The molecule has 0 aliphatic rings. The van der Waals surface area contributed by atoms with Gasteiger partial charge in [-0.15, -0.1) is 0 Å². The van der Waals surface area contributed by atoms with Gasteiger partial charge in [-0.25, -0.2) is 4.39 Å². The normalized spacial score (nSPS) is 13.6. The van der Waals surface area contributed by atoms with Crippen LogP contribution in [0.2, 0.25) is 5.02 Å². The van der Waals surface area contributed by atoms with Gasteiger partial charge in [-0.1, -0.05) is 29.7 Å². The highest BCUT2D eigenvalue weighted by atomic mass is 35.5. The van der Waals surface area contributed by atoms with Gasteiger partial charge in [0.25, 0.3) is 0 Å². The summed E-state index contributed by atoms with van der Waals surface area (Å²) >= 11 is 5.63. The second-order valence-electron chi connectivity index (χ2n) is 3.23. The Morgan fingerprint density at radius 3 is 2.94 bits per heavy atom. The summed E-state index contributed by atoms with van der Waals surface area (Å²) in [7, 11) is 0. The van der Waals surface area contributed by atoms with Gasteiger partial charge >= 0.3 is 0 Å². The van der Waals surface area contributed by atoms with Crippen molar-refractivity contribution in [3.8, 4) is 0 Å². The summed E-state index contributed by atoms with van der Waals surface area (Å²) in [5, 5.41) is 14.3. The summed E-state index contributed by atoms with van der Waals surface area (Å²) in [4.78, 5) is 0. The van der Waals surface area contributed by atoms with Crippen LogP contribution in [-0.4, -0.2) is 17.1 Å². The first-order valence-electron chi connectivity index (χ1n) is 4.78. The molecule has 1 aromatic rings. The zero-order valence-electron chi connectivity index (χ0n) is 8.74. The van der Waals surface area contributed by atoms with Crippen molar-refractivity contribution in [1.29, 1.82) is 0 Å². The van der Waals surface area contributed by atoms with E-state index in [0.29, 0.717) is 6.42 Å². The number of halogens is 2. The fraction of sp³-hybridized carbons (Fsp3) is 0.300. The summed E-state index contributed by atoms with van der Waals surface area (Å²) in [6.07, 6.45) is 0.557. The average Bonchev–Trinajstić information content (AvgIpc) is 2.30. The van der Waals surface area contributed by atoms with Crippen LogP contribution in [0.15, 0.2) is 23.4 Å². The fourth-order valence-corrected chi connectivity index (χ4v) is 1.43. The van der Waals surface area contributed by atoms with Crippen molar-refractivity contribution in [1.82, 2.24) is 0 Å². The third kappa shape index (κ3) is 2.76. The Labute approximate surface area is 97.9 Å². The summed E-state index contributed by atoms with van der Waals surface area (Å²) in [6, 6.07) is 4.17. The molecule has 0 aliphatic carbocycles. The summed E-state index contributed by atoms with van der Waals surface area (Å²) in [5.41, 5.74) is 5.67. The number of rotatable bonds is 4. The van der Waals surface area contributed by atoms with Crippen molar-refractivity contribution in [2.75, 3.05) is 5.32 Å². The summed E-state index contributed by atoms with van der Waals surface area (Å²) < 4.78 is 13.5. The van der Waals surface area contributed by atoms with Gasteiger partial charge in [0.2, 0.25) is 0 Å². The third-order valence-electron chi connectivity index (χ3n) is 2.16. The first-order chi connectivity index (χ1) is 7.60. The molecule has 1 unspecified atom stereocenters. The first-order valence-corrected chi connectivity index (χ1v) is 5.15. The molecule has 6 heteroatoms. The van der Waals surface area contributed by atoms with Crippen molar-refractivity contribution >= 4 is 23.1 Å². The number of anilines is 1. The number of hydrogen-bond donors (Lipinski definition) is 3. The molecular weight excluding hydrogens is 233 g/mol. The van der Waals surface area contributed by atoms with Gasteiger partial charge in [0.05, 0.1) is 16.8 Å². The van der Waals surface area contributed by atoms with E-state index in [9.17, 15) is 4.39 Å². The number of oxime groups is 1. The molecule has 0 bridgehead atoms. The molecule has 1 aromatic carbocycles. The van der Waals surface area contributed by atoms with Crippen LogP contribution in [0.5, 0.6) is 0 Å². The minimum absolute atomic E-state index is 0.00174. The van der Waals surface area contributed by atoms with Crippen molar-refractivity contribution in [3.05, 3.63) is 29.0 Å². The molecule has 0 heterocycles. The number of amidine groups is 1. The molecule has 0 saturated carbocycles. The van der Waals surface area contributed by atoms with Gasteiger partial charge in [0, 0.05) is 0 Å². The van der Waals surface area contributed by atoms with E-state index in [1.165, 1.54) is 12.1 Å². The second-order valence-corrected chi connectivity index (χ2v) is 3.64. The number of hydrogen-bond acceptors (Lipinski definition) is 3. The molecule has 1 atom stereocenters. The van der Waals surface area contributed by atoms with Crippen LogP contribution in [0.25, 0.3) is 0 Å². The number of nitrogens with two attached hydrogens (primary N) is 1. The van der Waals surface area contributed by atoms with Gasteiger partial charge in [-0.05, 0) is 18.6 Å². The lowest BCUT2D eigenvalue weighted by atomic mass is 10.2. The summed E-state index contributed by atoms with van der Waals surface area (Å²) in [5.74, 6) is -0.546. The Hall–Kier alpha value is -1.49. The van der Waals surface area contributed by atoms with Crippen LogP contribution < -0.4 is 11.1 Å². The van der Waals surface area contributed by atoms with E-state index in [0.717, 1.165) is 0 Å². The Kier molecular flexibility index (Phi) is 4.37. The molecule has 4 nitrogen and oxygen atoms in total. The van der Waals surface area contributed by atoms with Gasteiger partial charge in [-0.2, -0.15) is 0 Å². The van der Waals surface area contributed by atoms with Gasteiger partial charge < -0.3 is 16.3 Å². The number of nitrogens with one attached hydrogen (secondary N) is 1. The lowest BCUT2D eigenvalue weighted by Crippen LogP contribution is -2.35. The van der Waals surface area contributed by atoms with E-state index < -0.39 is 11.9 Å². The van der Waals surface area contributed by atoms with Crippen molar-refractivity contribution < 1.29 is 9.60 Å². The van der Waals surface area contributed by atoms with Crippen LogP contribution in [0.3, 0.4) is 0 Å². The van der Waals surface area contributed by atoms with Crippen molar-refractivity contribution in [2.45, 2.75) is 19.4 Å². The molecule has 0 spiro atoms. The van der Waals surface area contributed by atoms with Gasteiger partial charge in [-0.3, -0.25) is 0 Å². The molecule has 1 rings (SSSR count). The Morgan fingerprint density at radius 2 is 2.38 bits per heavy atom. The van der Waals surface area contributed by atoms with E-state index >= 15 is 0 Å². The molecule has 0 aromatic heterocycles. The molecule has 0 fully saturated rings. The largest absolute Gasteiger partial charge is 0.409 e. The van der Waals surface area contributed by atoms with Crippen LogP contribution >= 0.6 is 11.6 Å². The molecule has 0 aliphatic heterocycles. The predicted octanol–water partition coefficient (Wildman–Crippen LogP) is 2.42. The zero-order valence-corrected chi connectivity index (χ0v) is 9.50. The van der Waals surface area contributed by atoms with Crippen LogP contribution in [0.1, 0.15) is 13.3 Å². The highest BCUT2D eigenvalue weighted by Gasteiger charge is 2.14. The van der Waals surface area contributed by atoms with Crippen LogP contribution in [0, 0.1) is 5.82 Å². The van der Waals surface area contributed by atoms with Gasteiger partial charge in [0.15, 0.2) is 11.7 Å². The van der Waals surface area contributed by atoms with Crippen molar-refractivity contribution in [2.24, 2.45) is 10.9 Å². The Balaban J connectivity index is 2.90. The summed E-state index contributed by atoms with van der Waals surface area (Å²) in [6.45, 7) is 1.83. The molecule has 88 valence electrons. The second kappa shape index (κ2) is 5.55. The minimum atomic E-state index is -0.548. The van der Waals surface area contributed by atoms with E-state index in [4.69, 9.17) is 22.5 Å². The topological polar surface area (TPSA) is 70.6 Å².